The van der Waals surface area contributed by atoms with Gasteiger partial charge < -0.3 is 0 Å². The third kappa shape index (κ3) is 75.1. The van der Waals surface area contributed by atoms with E-state index in [9.17, 15) is 4.21 Å². The quantitative estimate of drug-likeness (QED) is 0.273. The van der Waals surface area contributed by atoms with Gasteiger partial charge in [0.1, 0.15) is 0 Å². The van der Waals surface area contributed by atoms with Crippen molar-refractivity contribution in [1.82, 2.24) is 0 Å². The van der Waals surface area contributed by atoms with Crippen LogP contribution in [-0.2, 0) is 10.8 Å². The fourth-order valence-corrected chi connectivity index (χ4v) is 0. The molecule has 0 aliphatic carbocycles. The van der Waals surface area contributed by atoms with Crippen LogP contribution in [0.4, 0.5) is 0 Å². The minimum atomic E-state index is -1.40. The third-order valence-corrected chi connectivity index (χ3v) is 0. The van der Waals surface area contributed by atoms with Crippen LogP contribution < -0.4 is 0 Å². The Morgan fingerprint density at radius 2 is 1.11 bits per heavy atom. The van der Waals surface area contributed by atoms with E-state index in [-0.39, 0.29) is 0 Å². The predicted octanol–water partition coefficient (Wildman–Crippen LogP) is 3.16. The molecule has 0 heterocycles. The third-order valence-electron chi connectivity index (χ3n) is 0. The van der Waals surface area contributed by atoms with Crippen molar-refractivity contribution in [2.24, 2.45) is 0 Å². The van der Waals surface area contributed by atoms with Crippen LogP contribution in [0.1, 0.15) is 0 Å². The first-order chi connectivity index (χ1) is 3.73. The van der Waals surface area contributed by atoms with Crippen molar-refractivity contribution in [3.05, 3.63) is 0 Å². The van der Waals surface area contributed by atoms with Gasteiger partial charge in [-0.15, -0.1) is 0 Å². The average Bonchev–Trinajstić information content (AvgIpc) is 1.19. The number of hydrogen-bond donors (Lipinski definition) is 0. The molecule has 0 unspecified atom stereocenters. The molecule has 9 heavy (non-hydrogen) atoms. The molecule has 0 rings (SSSR count). The van der Waals surface area contributed by atoms with Crippen molar-refractivity contribution in [3.63, 3.8) is 0 Å². The molecular formula is C2H6I4OPbS. The molecule has 0 N–H and O–H groups in total. The van der Waals surface area contributed by atoms with Crippen LogP contribution in [-0.4, -0.2) is 20.7 Å². The molecule has 1 nitrogen and oxygen atoms in total. The second kappa shape index (κ2) is 8.58. The molecule has 0 amide bonds. The Labute approximate surface area is 99.2 Å². The van der Waals surface area contributed by atoms with E-state index in [0.29, 0.717) is 0 Å². The van der Waals surface area contributed by atoms with E-state index in [1.54, 1.807) is 12.5 Å². The number of rotatable bonds is 0. The van der Waals surface area contributed by atoms with Crippen molar-refractivity contribution in [2.75, 3.05) is 12.5 Å². The molecule has 7 heteroatoms. The summed E-state index contributed by atoms with van der Waals surface area (Å²) in [5.74, 6) is 0. The van der Waals surface area contributed by atoms with Crippen LogP contribution in [0.15, 0.2) is 0 Å². The molecule has 0 fully saturated rings. The number of hydrogen-bond acceptors (Lipinski definition) is 1. The van der Waals surface area contributed by atoms with E-state index in [1.165, 1.54) is 0 Å². The Morgan fingerprint density at radius 3 is 1.11 bits per heavy atom. The molecule has 0 aliphatic heterocycles. The van der Waals surface area contributed by atoms with E-state index in [4.69, 9.17) is 0 Å². The van der Waals surface area contributed by atoms with Crippen molar-refractivity contribution < 1.29 is 4.21 Å². The van der Waals surface area contributed by atoms with E-state index in [0.717, 1.165) is 0 Å². The average molecular weight is 793 g/mol. The van der Waals surface area contributed by atoms with Crippen molar-refractivity contribution in [2.45, 2.75) is 0 Å². The predicted molar refractivity (Wildman–Crippen MR) is 81.8 cm³/mol. The summed E-state index contributed by atoms with van der Waals surface area (Å²) in [5, 5.41) is 0. The molecule has 0 bridgehead atoms. The zero-order valence-electron chi connectivity index (χ0n) is 4.83. The SMILES string of the molecule is CS(C)=O.[I][Pb]([I])([I])[I]. The van der Waals surface area contributed by atoms with Gasteiger partial charge in [-0.1, -0.05) is 0 Å². The summed E-state index contributed by atoms with van der Waals surface area (Å²) >= 11 is 10.2. The normalized spacial score (nSPS) is 10.6. The van der Waals surface area contributed by atoms with Gasteiger partial charge >= 0.3 is 75.0 Å². The summed E-state index contributed by atoms with van der Waals surface area (Å²) in [4.78, 5) is 0. The number of halogens is 4. The van der Waals surface area contributed by atoms with Gasteiger partial charge in [-0.05, 0) is 0 Å². The molecule has 58 valence electrons. The Balaban J connectivity index is 0. The van der Waals surface area contributed by atoms with E-state index < -0.39 is 14.8 Å². The molecular weight excluding hydrogens is 787 g/mol. The molecule has 0 aliphatic rings. The maximum absolute atomic E-state index is 9.56. The summed E-state index contributed by atoms with van der Waals surface area (Å²) in [6, 6.07) is 0. The van der Waals surface area contributed by atoms with Crippen LogP contribution in [0.25, 0.3) is 0 Å². The first kappa shape index (κ1) is 15.5. The summed E-state index contributed by atoms with van der Waals surface area (Å²) in [6.45, 7) is 0. The monoisotopic (exact) mass is 794 g/mol. The zero-order chi connectivity index (χ0) is 8.08. The molecule has 0 aromatic rings. The Morgan fingerprint density at radius 1 is 1.11 bits per heavy atom. The fraction of sp³-hybridized carbons (Fsp3) is 1.00. The van der Waals surface area contributed by atoms with Crippen LogP contribution >= 0.6 is 71.0 Å². The van der Waals surface area contributed by atoms with Gasteiger partial charge in [-0.2, -0.15) is 0 Å². The molecule has 0 atom stereocenters. The molecule has 0 spiro atoms. The maximum atomic E-state index is 9.56. The van der Waals surface area contributed by atoms with Crippen LogP contribution in [0, 0.1) is 0 Å². The standard InChI is InChI=1S/C2H6OS.4HI.Pb/c1-4(2)3;;;;;/h1-2H3;4*1H;/q;;;;;+4/p-4. The van der Waals surface area contributed by atoms with E-state index in [1.807, 2.05) is 0 Å². The fourth-order valence-electron chi connectivity index (χ4n) is 0. The summed E-state index contributed by atoms with van der Waals surface area (Å²) in [5.41, 5.74) is 0. The molecule has 0 radical (unpaired) electrons. The van der Waals surface area contributed by atoms with Crippen molar-refractivity contribution in [3.8, 4) is 0 Å². The van der Waals surface area contributed by atoms with Crippen LogP contribution in [0.5, 0.6) is 0 Å². The molecule has 0 aromatic carbocycles. The Kier molecular flexibility index (Phi) is 14.7. The minimum absolute atomic E-state index is 0.611. The van der Waals surface area contributed by atoms with Gasteiger partial charge in [-0.3, -0.25) is 4.21 Å². The summed E-state index contributed by atoms with van der Waals surface area (Å²) in [7, 11) is -0.611. The second-order valence-electron chi connectivity index (χ2n) is 1.17. The molecule has 0 aromatic heterocycles. The Bertz CT molecular complexity index is 81.1. The van der Waals surface area contributed by atoms with E-state index >= 15 is 0 Å². The van der Waals surface area contributed by atoms with Gasteiger partial charge in [0, 0.05) is 23.3 Å². The van der Waals surface area contributed by atoms with Gasteiger partial charge in [-0.25, -0.2) is 0 Å². The molecule has 0 saturated heterocycles. The van der Waals surface area contributed by atoms with Crippen LogP contribution in [0.3, 0.4) is 0 Å². The van der Waals surface area contributed by atoms with E-state index in [2.05, 4.69) is 71.0 Å². The summed E-state index contributed by atoms with van der Waals surface area (Å²) < 4.78 is 8.16. The van der Waals surface area contributed by atoms with Crippen molar-refractivity contribution >= 4 is 85.8 Å². The second-order valence-corrected chi connectivity index (χ2v) is 171. The molecule has 0 saturated carbocycles. The van der Waals surface area contributed by atoms with Gasteiger partial charge in [0.15, 0.2) is 0 Å². The zero-order valence-corrected chi connectivity index (χ0v) is 18.2. The van der Waals surface area contributed by atoms with Crippen LogP contribution in [0.2, 0.25) is 0 Å². The van der Waals surface area contributed by atoms with Gasteiger partial charge in [0.25, 0.3) is 0 Å². The van der Waals surface area contributed by atoms with Gasteiger partial charge in [0.2, 0.25) is 0 Å². The first-order valence-electron chi connectivity index (χ1n) is 1.74. The van der Waals surface area contributed by atoms with Crippen molar-refractivity contribution in [1.29, 1.82) is 0 Å². The Hall–Kier alpha value is 3.99. The first-order valence-corrected chi connectivity index (χ1v) is 47.4. The summed E-state index contributed by atoms with van der Waals surface area (Å²) in [6.07, 6.45) is 3.28. The van der Waals surface area contributed by atoms with Gasteiger partial charge in [0.05, 0.1) is 0 Å². The topological polar surface area (TPSA) is 17.1 Å².